The summed E-state index contributed by atoms with van der Waals surface area (Å²) in [6.45, 7) is 11.0. The quantitative estimate of drug-likeness (QED) is 0.276. The second-order valence-electron chi connectivity index (χ2n) is 9.39. The summed E-state index contributed by atoms with van der Waals surface area (Å²) in [5, 5.41) is 0. The highest BCUT2D eigenvalue weighted by atomic mass is 16.7. The van der Waals surface area contributed by atoms with Crippen LogP contribution in [-0.2, 0) is 35.0 Å². The number of esters is 3. The molecule has 0 spiro atoms. The van der Waals surface area contributed by atoms with Gasteiger partial charge in [-0.05, 0) is 49.8 Å². The summed E-state index contributed by atoms with van der Waals surface area (Å²) in [6, 6.07) is 3.63. The molecule has 0 radical (unpaired) electrons. The minimum Gasteiger partial charge on any atom is -0.458 e. The van der Waals surface area contributed by atoms with Crippen molar-refractivity contribution < 1.29 is 42.9 Å². The van der Waals surface area contributed by atoms with Crippen LogP contribution in [0, 0.1) is 11.8 Å². The fourth-order valence-corrected chi connectivity index (χ4v) is 3.03. The van der Waals surface area contributed by atoms with E-state index in [1.165, 1.54) is 19.2 Å². The molecule has 0 amide bonds. The molecule has 0 aliphatic carbocycles. The second-order valence-corrected chi connectivity index (χ2v) is 9.39. The molecule has 5 atom stereocenters. The standard InChI is InChI=1S/C27H41NO9/c1-8-16(3)12-24(29)36-22-11-10-20(15-23(22)37-25(30)13-17(4)9-2)14-21(28)26(31)34-18(5)19(6)35-27(32)33-7/h10-11,15-19,21H,8-9,12-14,28H2,1-7H3/t16?,17?,18-,19-,21-/m0/s1. The van der Waals surface area contributed by atoms with E-state index >= 15 is 0 Å². The van der Waals surface area contributed by atoms with Crippen molar-refractivity contribution in [3.05, 3.63) is 23.8 Å². The molecule has 1 rings (SSSR count). The van der Waals surface area contributed by atoms with Gasteiger partial charge in [-0.2, -0.15) is 0 Å². The van der Waals surface area contributed by atoms with E-state index in [0.29, 0.717) is 5.56 Å². The van der Waals surface area contributed by atoms with Crippen LogP contribution in [0.4, 0.5) is 4.79 Å². The van der Waals surface area contributed by atoms with Gasteiger partial charge in [-0.15, -0.1) is 0 Å². The number of carbonyl (C=O) groups excluding carboxylic acids is 4. The Kier molecular flexibility index (Phi) is 13.7. The molecule has 0 bridgehead atoms. The number of methoxy groups -OCH3 is 1. The topological polar surface area (TPSA) is 140 Å². The molecule has 0 heterocycles. The molecule has 1 aromatic carbocycles. The Balaban J connectivity index is 2.98. The van der Waals surface area contributed by atoms with E-state index < -0.39 is 42.3 Å². The average Bonchev–Trinajstić information content (AvgIpc) is 2.84. The van der Waals surface area contributed by atoms with Crippen LogP contribution >= 0.6 is 0 Å². The molecular formula is C27H41NO9. The third-order valence-electron chi connectivity index (χ3n) is 6.05. The SMILES string of the molecule is CCC(C)CC(=O)Oc1ccc(C[C@H](N)C(=O)O[C@@H](C)[C@H](C)OC(=O)OC)cc1OC(=O)CC(C)CC. The molecule has 10 nitrogen and oxygen atoms in total. The van der Waals surface area contributed by atoms with Crippen molar-refractivity contribution in [1.82, 2.24) is 0 Å². The van der Waals surface area contributed by atoms with Crippen molar-refractivity contribution in [1.29, 1.82) is 0 Å². The summed E-state index contributed by atoms with van der Waals surface area (Å²) in [7, 11) is 1.18. The van der Waals surface area contributed by atoms with Crippen molar-refractivity contribution in [2.24, 2.45) is 17.6 Å². The van der Waals surface area contributed by atoms with E-state index in [-0.39, 0.29) is 42.6 Å². The molecule has 2 N–H and O–H groups in total. The number of ether oxygens (including phenoxy) is 5. The average molecular weight is 524 g/mol. The minimum atomic E-state index is -1.05. The number of hydrogen-bond donors (Lipinski definition) is 1. The van der Waals surface area contributed by atoms with E-state index in [9.17, 15) is 19.2 Å². The molecule has 1 aromatic rings. The number of hydrogen-bond acceptors (Lipinski definition) is 10. The van der Waals surface area contributed by atoms with Gasteiger partial charge < -0.3 is 29.4 Å². The lowest BCUT2D eigenvalue weighted by molar-refractivity contribution is -0.155. The third kappa shape index (κ3) is 11.6. The largest absolute Gasteiger partial charge is 0.508 e. The molecule has 0 aromatic heterocycles. The van der Waals surface area contributed by atoms with E-state index in [1.807, 2.05) is 27.7 Å². The Morgan fingerprint density at radius 2 is 1.32 bits per heavy atom. The Bertz CT molecular complexity index is 917. The third-order valence-corrected chi connectivity index (χ3v) is 6.05. The minimum absolute atomic E-state index is 0.0643. The van der Waals surface area contributed by atoms with Crippen LogP contribution in [0.25, 0.3) is 0 Å². The van der Waals surface area contributed by atoms with Gasteiger partial charge in [-0.3, -0.25) is 14.4 Å². The zero-order chi connectivity index (χ0) is 28.1. The van der Waals surface area contributed by atoms with Gasteiger partial charge in [0.15, 0.2) is 11.5 Å². The predicted molar refractivity (Wildman–Crippen MR) is 136 cm³/mol. The normalized spacial score (nSPS) is 14.9. The molecule has 37 heavy (non-hydrogen) atoms. The van der Waals surface area contributed by atoms with Crippen LogP contribution < -0.4 is 15.2 Å². The number of nitrogens with two attached hydrogens (primary N) is 1. The maximum absolute atomic E-state index is 12.5. The van der Waals surface area contributed by atoms with Crippen LogP contribution in [-0.4, -0.2) is 49.4 Å². The van der Waals surface area contributed by atoms with Crippen LogP contribution in [0.2, 0.25) is 0 Å². The van der Waals surface area contributed by atoms with Gasteiger partial charge in [0.1, 0.15) is 18.2 Å². The molecule has 0 fully saturated rings. The molecule has 0 saturated carbocycles. The van der Waals surface area contributed by atoms with Gasteiger partial charge in [0.05, 0.1) is 7.11 Å². The lowest BCUT2D eigenvalue weighted by Crippen LogP contribution is -2.39. The first-order valence-electron chi connectivity index (χ1n) is 12.6. The van der Waals surface area contributed by atoms with Gasteiger partial charge >= 0.3 is 24.1 Å². The van der Waals surface area contributed by atoms with Gasteiger partial charge in [0.2, 0.25) is 0 Å². The molecule has 208 valence electrons. The van der Waals surface area contributed by atoms with Crippen molar-refractivity contribution in [3.63, 3.8) is 0 Å². The maximum atomic E-state index is 12.5. The molecule has 0 aliphatic heterocycles. The smallest absolute Gasteiger partial charge is 0.458 e. The van der Waals surface area contributed by atoms with Gasteiger partial charge in [0, 0.05) is 12.8 Å². The summed E-state index contributed by atoms with van der Waals surface area (Å²) >= 11 is 0. The zero-order valence-corrected chi connectivity index (χ0v) is 22.9. The van der Waals surface area contributed by atoms with Crippen molar-refractivity contribution in [2.75, 3.05) is 7.11 Å². The molecule has 0 aliphatic rings. The summed E-state index contributed by atoms with van der Waals surface area (Å²) in [4.78, 5) is 48.6. The zero-order valence-electron chi connectivity index (χ0n) is 22.9. The highest BCUT2D eigenvalue weighted by molar-refractivity contribution is 5.77. The Labute approximate surface area is 219 Å². The first-order valence-corrected chi connectivity index (χ1v) is 12.6. The highest BCUT2D eigenvalue weighted by Crippen LogP contribution is 2.30. The van der Waals surface area contributed by atoms with Gasteiger partial charge in [0.25, 0.3) is 0 Å². The molecule has 2 unspecified atom stereocenters. The van der Waals surface area contributed by atoms with E-state index in [1.54, 1.807) is 19.9 Å². The second kappa shape index (κ2) is 15.9. The molecule has 10 heteroatoms. The monoisotopic (exact) mass is 523 g/mol. The van der Waals surface area contributed by atoms with E-state index in [0.717, 1.165) is 12.8 Å². The van der Waals surface area contributed by atoms with Gasteiger partial charge in [-0.1, -0.05) is 46.6 Å². The van der Waals surface area contributed by atoms with Crippen LogP contribution in [0.15, 0.2) is 18.2 Å². The van der Waals surface area contributed by atoms with Gasteiger partial charge in [-0.25, -0.2) is 4.79 Å². The number of benzene rings is 1. The highest BCUT2D eigenvalue weighted by Gasteiger charge is 2.25. The fourth-order valence-electron chi connectivity index (χ4n) is 3.03. The number of rotatable bonds is 14. The Morgan fingerprint density at radius 1 is 0.811 bits per heavy atom. The summed E-state index contributed by atoms with van der Waals surface area (Å²) in [5.41, 5.74) is 6.62. The lowest BCUT2D eigenvalue weighted by atomic mass is 10.0. The molecule has 0 saturated heterocycles. The van der Waals surface area contributed by atoms with E-state index in [2.05, 4.69) is 4.74 Å². The first-order chi connectivity index (χ1) is 17.4. The maximum Gasteiger partial charge on any atom is 0.508 e. The molecular weight excluding hydrogens is 482 g/mol. The van der Waals surface area contributed by atoms with Crippen molar-refractivity contribution in [3.8, 4) is 11.5 Å². The van der Waals surface area contributed by atoms with Crippen LogP contribution in [0.1, 0.15) is 72.8 Å². The van der Waals surface area contributed by atoms with E-state index in [4.69, 9.17) is 24.7 Å². The lowest BCUT2D eigenvalue weighted by Gasteiger charge is -2.22. The predicted octanol–water partition coefficient (Wildman–Crippen LogP) is 4.34. The van der Waals surface area contributed by atoms with Crippen LogP contribution in [0.5, 0.6) is 11.5 Å². The number of carbonyl (C=O) groups is 4. The summed E-state index contributed by atoms with van der Waals surface area (Å²) < 4.78 is 25.7. The fraction of sp³-hybridized carbons (Fsp3) is 0.630. The van der Waals surface area contributed by atoms with Crippen molar-refractivity contribution >= 4 is 24.1 Å². The summed E-state index contributed by atoms with van der Waals surface area (Å²) in [6.07, 6.45) is -0.265. The Hall–Kier alpha value is -3.14. The van der Waals surface area contributed by atoms with Crippen molar-refractivity contribution in [2.45, 2.75) is 91.9 Å². The van der Waals surface area contributed by atoms with Crippen LogP contribution in [0.3, 0.4) is 0 Å². The Morgan fingerprint density at radius 3 is 1.84 bits per heavy atom. The summed E-state index contributed by atoms with van der Waals surface area (Å²) in [5.74, 6) is -1.11. The first kappa shape index (κ1) is 31.9.